The fourth-order valence-electron chi connectivity index (χ4n) is 4.34. The zero-order valence-electron chi connectivity index (χ0n) is 19.1. The number of carbonyl (C=O) groups excluding carboxylic acids is 1. The second-order valence-electron chi connectivity index (χ2n) is 8.74. The van der Waals surface area contributed by atoms with Crippen LogP contribution in [0.2, 0.25) is 10.0 Å². The van der Waals surface area contributed by atoms with Crippen LogP contribution in [0.4, 0.5) is 17.1 Å². The lowest BCUT2D eigenvalue weighted by atomic mass is 9.94. The van der Waals surface area contributed by atoms with Gasteiger partial charge in [-0.1, -0.05) is 54.6 Å². The van der Waals surface area contributed by atoms with Crippen molar-refractivity contribution in [1.29, 1.82) is 0 Å². The maximum absolute atomic E-state index is 12.6. The molecule has 0 saturated heterocycles. The van der Waals surface area contributed by atoms with Crippen molar-refractivity contribution in [3.63, 3.8) is 0 Å². The summed E-state index contributed by atoms with van der Waals surface area (Å²) in [6.07, 6.45) is 7.39. The minimum atomic E-state index is -1.08. The van der Waals surface area contributed by atoms with E-state index in [1.807, 2.05) is 0 Å². The van der Waals surface area contributed by atoms with Gasteiger partial charge in [-0.05, 0) is 30.5 Å². The van der Waals surface area contributed by atoms with Crippen LogP contribution in [-0.4, -0.2) is 28.0 Å². The van der Waals surface area contributed by atoms with Gasteiger partial charge in [0.2, 0.25) is 0 Å². The highest BCUT2D eigenvalue weighted by atomic mass is 35.5. The first-order valence-electron chi connectivity index (χ1n) is 11.5. The molecule has 1 aromatic heterocycles. The van der Waals surface area contributed by atoms with Gasteiger partial charge in [0.25, 0.3) is 16.8 Å². The second-order valence-corrected chi connectivity index (χ2v) is 9.55. The predicted octanol–water partition coefficient (Wildman–Crippen LogP) is 4.61. The average molecular weight is 531 g/mol. The van der Waals surface area contributed by atoms with Crippen LogP contribution in [0.1, 0.15) is 60.5 Å². The molecule has 2 aromatic carbocycles. The van der Waals surface area contributed by atoms with Gasteiger partial charge in [0.15, 0.2) is 0 Å². The Labute approximate surface area is 216 Å². The van der Waals surface area contributed by atoms with E-state index in [-0.39, 0.29) is 39.4 Å². The SMILES string of the molecule is O=C(O)C[C@H](Nc1c(NC2CCCCC2)c(=O)c1=O)c1ccc(NC(=O)c2c(Cl)cncc2Cl)cc1. The van der Waals surface area contributed by atoms with Gasteiger partial charge in [-0.25, -0.2) is 0 Å². The third kappa shape index (κ3) is 5.68. The number of hydrogen-bond acceptors (Lipinski definition) is 7. The number of carbonyl (C=O) groups is 2. The molecule has 4 rings (SSSR count). The van der Waals surface area contributed by atoms with Crippen LogP contribution >= 0.6 is 23.2 Å². The summed E-state index contributed by atoms with van der Waals surface area (Å²) in [5.41, 5.74) is 0.138. The van der Waals surface area contributed by atoms with Crippen molar-refractivity contribution in [3.8, 4) is 0 Å². The maximum atomic E-state index is 12.6. The molecular formula is C25H24Cl2N4O5. The van der Waals surface area contributed by atoms with E-state index in [2.05, 4.69) is 20.9 Å². The summed E-state index contributed by atoms with van der Waals surface area (Å²) in [5.74, 6) is -1.60. The molecule has 11 heteroatoms. The predicted molar refractivity (Wildman–Crippen MR) is 139 cm³/mol. The van der Waals surface area contributed by atoms with E-state index in [1.165, 1.54) is 12.4 Å². The number of aliphatic carboxylic acids is 1. The second kappa shape index (κ2) is 11.1. The number of carboxylic acids is 1. The number of nitrogens with zero attached hydrogens (tertiary/aromatic N) is 1. The van der Waals surface area contributed by atoms with Gasteiger partial charge in [0.1, 0.15) is 11.4 Å². The first kappa shape index (κ1) is 25.7. The van der Waals surface area contributed by atoms with Gasteiger partial charge in [0, 0.05) is 24.1 Å². The highest BCUT2D eigenvalue weighted by molar-refractivity contribution is 6.40. The summed E-state index contributed by atoms with van der Waals surface area (Å²) in [5, 5.41) is 18.5. The van der Waals surface area contributed by atoms with Crippen LogP contribution in [-0.2, 0) is 4.79 Å². The van der Waals surface area contributed by atoms with E-state index in [1.54, 1.807) is 24.3 Å². The molecular weight excluding hydrogens is 507 g/mol. The Hall–Kier alpha value is -3.43. The Kier molecular flexibility index (Phi) is 7.91. The number of rotatable bonds is 9. The van der Waals surface area contributed by atoms with Crippen LogP contribution in [0.3, 0.4) is 0 Å². The molecule has 1 aliphatic rings. The number of anilines is 3. The van der Waals surface area contributed by atoms with E-state index in [0.29, 0.717) is 11.3 Å². The molecule has 1 amide bonds. The monoisotopic (exact) mass is 530 g/mol. The number of hydrogen-bond donors (Lipinski definition) is 4. The molecule has 1 saturated carbocycles. The maximum Gasteiger partial charge on any atom is 0.305 e. The third-order valence-electron chi connectivity index (χ3n) is 6.21. The van der Waals surface area contributed by atoms with E-state index >= 15 is 0 Å². The summed E-state index contributed by atoms with van der Waals surface area (Å²) in [7, 11) is 0. The number of pyridine rings is 1. The first-order chi connectivity index (χ1) is 17.2. The van der Waals surface area contributed by atoms with Crippen molar-refractivity contribution in [2.75, 3.05) is 16.0 Å². The van der Waals surface area contributed by atoms with Gasteiger partial charge >= 0.3 is 5.97 Å². The molecule has 0 spiro atoms. The van der Waals surface area contributed by atoms with E-state index in [0.717, 1.165) is 32.1 Å². The topological polar surface area (TPSA) is 137 Å². The van der Waals surface area contributed by atoms with Crippen molar-refractivity contribution in [2.45, 2.75) is 50.6 Å². The minimum Gasteiger partial charge on any atom is -0.481 e. The van der Waals surface area contributed by atoms with E-state index < -0.39 is 28.8 Å². The van der Waals surface area contributed by atoms with Crippen molar-refractivity contribution < 1.29 is 14.7 Å². The van der Waals surface area contributed by atoms with Gasteiger partial charge in [-0.15, -0.1) is 0 Å². The molecule has 0 unspecified atom stereocenters. The molecule has 1 heterocycles. The van der Waals surface area contributed by atoms with Gasteiger partial charge in [0.05, 0.1) is 28.1 Å². The zero-order valence-corrected chi connectivity index (χ0v) is 20.7. The Bertz CT molecular complexity index is 1330. The van der Waals surface area contributed by atoms with Gasteiger partial charge in [-0.3, -0.25) is 24.2 Å². The van der Waals surface area contributed by atoms with Crippen LogP contribution < -0.4 is 26.8 Å². The van der Waals surface area contributed by atoms with Crippen LogP contribution in [0.15, 0.2) is 46.2 Å². The largest absolute Gasteiger partial charge is 0.481 e. The molecule has 1 aliphatic carbocycles. The lowest BCUT2D eigenvalue weighted by Gasteiger charge is -2.27. The molecule has 1 fully saturated rings. The fraction of sp³-hybridized carbons (Fsp3) is 0.320. The Morgan fingerprint density at radius 1 is 0.972 bits per heavy atom. The number of halogens is 2. The van der Waals surface area contributed by atoms with Crippen LogP contribution in [0.5, 0.6) is 0 Å². The first-order valence-corrected chi connectivity index (χ1v) is 12.3. The van der Waals surface area contributed by atoms with Gasteiger partial charge < -0.3 is 21.1 Å². The molecule has 9 nitrogen and oxygen atoms in total. The fourth-order valence-corrected chi connectivity index (χ4v) is 4.88. The molecule has 4 N–H and O–H groups in total. The normalized spacial score (nSPS) is 14.8. The quantitative estimate of drug-likeness (QED) is 0.294. The van der Waals surface area contributed by atoms with Crippen molar-refractivity contribution in [3.05, 3.63) is 78.3 Å². The molecule has 0 aliphatic heterocycles. The standard InChI is InChI=1S/C25H24Cl2N4O5/c26-16-11-28-12-17(27)20(16)25(36)30-15-8-6-13(7-9-15)18(10-19(32)33)31-22-21(23(34)24(22)35)29-14-4-2-1-3-5-14/h6-9,11-12,14,18,29,31H,1-5,10H2,(H,30,36)(H,32,33)/t18-/m0/s1. The summed E-state index contributed by atoms with van der Waals surface area (Å²) >= 11 is 12.1. The average Bonchev–Trinajstić information content (AvgIpc) is 2.86. The third-order valence-corrected chi connectivity index (χ3v) is 6.79. The zero-order chi connectivity index (χ0) is 25.8. The van der Waals surface area contributed by atoms with Crippen LogP contribution in [0, 0.1) is 0 Å². The van der Waals surface area contributed by atoms with Crippen molar-refractivity contribution in [1.82, 2.24) is 4.98 Å². The number of aromatic nitrogens is 1. The number of carboxylic acid groups (broad SMARTS) is 1. The van der Waals surface area contributed by atoms with E-state index in [9.17, 15) is 24.3 Å². The molecule has 0 bridgehead atoms. The van der Waals surface area contributed by atoms with Crippen molar-refractivity contribution >= 4 is 52.1 Å². The van der Waals surface area contributed by atoms with Crippen molar-refractivity contribution in [2.24, 2.45) is 0 Å². The molecule has 0 radical (unpaired) electrons. The number of amides is 1. The Morgan fingerprint density at radius 3 is 2.19 bits per heavy atom. The number of benzene rings is 1. The summed E-state index contributed by atoms with van der Waals surface area (Å²) in [4.78, 5) is 52.5. The van der Waals surface area contributed by atoms with E-state index in [4.69, 9.17) is 23.2 Å². The van der Waals surface area contributed by atoms with Gasteiger partial charge in [-0.2, -0.15) is 0 Å². The highest BCUT2D eigenvalue weighted by Crippen LogP contribution is 2.29. The lowest BCUT2D eigenvalue weighted by molar-refractivity contribution is -0.137. The summed E-state index contributed by atoms with van der Waals surface area (Å²) < 4.78 is 0. The Balaban J connectivity index is 1.50. The lowest BCUT2D eigenvalue weighted by Crippen LogP contribution is -2.40. The summed E-state index contributed by atoms with van der Waals surface area (Å²) in [6, 6.07) is 5.79. The molecule has 36 heavy (non-hydrogen) atoms. The Morgan fingerprint density at radius 2 is 1.58 bits per heavy atom. The highest BCUT2D eigenvalue weighted by Gasteiger charge is 2.27. The smallest absolute Gasteiger partial charge is 0.305 e. The molecule has 3 aromatic rings. The summed E-state index contributed by atoms with van der Waals surface area (Å²) in [6.45, 7) is 0. The minimum absolute atomic E-state index is 0.0842. The van der Waals surface area contributed by atoms with Crippen LogP contribution in [0.25, 0.3) is 0 Å². The number of nitrogens with one attached hydrogen (secondary N) is 3. The molecule has 1 atom stereocenters. The molecule has 188 valence electrons.